The second kappa shape index (κ2) is 5.20. The van der Waals surface area contributed by atoms with Crippen LogP contribution in [0, 0.1) is 0 Å². The minimum absolute atomic E-state index is 0.0485. The summed E-state index contributed by atoms with van der Waals surface area (Å²) < 4.78 is 10.9. The Kier molecular flexibility index (Phi) is 3.58. The van der Waals surface area contributed by atoms with Gasteiger partial charge < -0.3 is 14.4 Å². The highest BCUT2D eigenvalue weighted by molar-refractivity contribution is 7.16. The van der Waals surface area contributed by atoms with Crippen molar-refractivity contribution in [3.05, 3.63) is 16.7 Å². The van der Waals surface area contributed by atoms with Crippen LogP contribution in [0.25, 0.3) is 10.2 Å². The molecular weight excluding hydrogens is 286 g/mol. The molecule has 0 radical (unpaired) electrons. The van der Waals surface area contributed by atoms with Crippen molar-refractivity contribution in [3.8, 4) is 0 Å². The van der Waals surface area contributed by atoms with Gasteiger partial charge in [-0.3, -0.25) is 0 Å². The maximum Gasteiger partial charge on any atom is 0.225 e. The van der Waals surface area contributed by atoms with E-state index in [0.29, 0.717) is 0 Å². The number of nitrogens with zero attached hydrogens (tertiary/aromatic N) is 3. The van der Waals surface area contributed by atoms with Crippen LogP contribution in [0.4, 0.5) is 5.82 Å². The summed E-state index contributed by atoms with van der Waals surface area (Å²) in [6.45, 7) is 1.49. The van der Waals surface area contributed by atoms with Gasteiger partial charge in [-0.15, -0.1) is 11.3 Å². The Morgan fingerprint density at radius 3 is 2.58 bits per heavy atom. The van der Waals surface area contributed by atoms with Gasteiger partial charge in [-0.1, -0.05) is 0 Å². The number of halogens is 1. The fourth-order valence-electron chi connectivity index (χ4n) is 2.43. The van der Waals surface area contributed by atoms with E-state index in [0.717, 1.165) is 29.1 Å². The Morgan fingerprint density at radius 1 is 1.26 bits per heavy atom. The summed E-state index contributed by atoms with van der Waals surface area (Å²) in [5, 5.41) is 3.30. The van der Waals surface area contributed by atoms with Crippen LogP contribution in [0.2, 0.25) is 5.28 Å². The molecule has 1 aliphatic heterocycles. The lowest BCUT2D eigenvalue weighted by molar-refractivity contribution is -0.00461. The van der Waals surface area contributed by atoms with Crippen molar-refractivity contribution in [2.24, 2.45) is 0 Å². The molecule has 2 atom stereocenters. The molecule has 1 aliphatic rings. The summed E-state index contributed by atoms with van der Waals surface area (Å²) in [6.07, 6.45) is 0.0971. The van der Waals surface area contributed by atoms with Crippen LogP contribution in [0.1, 0.15) is 0 Å². The van der Waals surface area contributed by atoms with E-state index in [1.54, 1.807) is 25.6 Å². The molecule has 0 amide bonds. The van der Waals surface area contributed by atoms with Crippen molar-refractivity contribution < 1.29 is 9.47 Å². The Balaban J connectivity index is 1.99. The summed E-state index contributed by atoms with van der Waals surface area (Å²) in [6, 6.07) is 2.02. The first kappa shape index (κ1) is 13.1. The van der Waals surface area contributed by atoms with Gasteiger partial charge in [0.15, 0.2) is 0 Å². The van der Waals surface area contributed by atoms with E-state index >= 15 is 0 Å². The Hall–Kier alpha value is -0.950. The van der Waals surface area contributed by atoms with Crippen LogP contribution in [0.5, 0.6) is 0 Å². The molecule has 19 heavy (non-hydrogen) atoms. The summed E-state index contributed by atoms with van der Waals surface area (Å²) in [5.41, 5.74) is 0. The van der Waals surface area contributed by atoms with Gasteiger partial charge in [0.05, 0.1) is 5.39 Å². The number of ether oxygens (including phenoxy) is 2. The molecule has 0 saturated carbocycles. The van der Waals surface area contributed by atoms with Crippen molar-refractivity contribution in [2.75, 3.05) is 32.2 Å². The maximum atomic E-state index is 5.99. The summed E-state index contributed by atoms with van der Waals surface area (Å²) >= 11 is 7.56. The molecule has 0 aliphatic carbocycles. The van der Waals surface area contributed by atoms with Gasteiger partial charge in [-0.25, -0.2) is 4.98 Å². The van der Waals surface area contributed by atoms with Gasteiger partial charge in [0.25, 0.3) is 0 Å². The molecule has 0 bridgehead atoms. The average Bonchev–Trinajstić information content (AvgIpc) is 3.02. The normalized spacial score (nSPS) is 23.4. The smallest absolute Gasteiger partial charge is 0.225 e. The standard InChI is InChI=1S/C12H14ClN3O2S/c1-17-8-5-16(6-9(8)18-2)10-7-3-4-19-11(7)15-12(13)14-10/h3-4,8-9H,5-6H2,1-2H3. The van der Waals surface area contributed by atoms with Crippen molar-refractivity contribution >= 4 is 39.0 Å². The molecule has 5 nitrogen and oxygen atoms in total. The van der Waals surface area contributed by atoms with E-state index in [1.807, 2.05) is 11.4 Å². The van der Waals surface area contributed by atoms with Crippen LogP contribution in [-0.4, -0.2) is 49.5 Å². The number of methoxy groups -OCH3 is 2. The summed E-state index contributed by atoms with van der Waals surface area (Å²) in [5.74, 6) is 0.859. The first-order valence-electron chi connectivity index (χ1n) is 5.94. The van der Waals surface area contributed by atoms with Gasteiger partial charge in [-0.2, -0.15) is 4.98 Å². The Labute approximate surface area is 120 Å². The fraction of sp³-hybridized carbons (Fsp3) is 0.500. The number of hydrogen-bond donors (Lipinski definition) is 0. The van der Waals surface area contributed by atoms with E-state index in [1.165, 1.54) is 0 Å². The van der Waals surface area contributed by atoms with Crippen LogP contribution in [-0.2, 0) is 9.47 Å². The van der Waals surface area contributed by atoms with Gasteiger partial charge in [0.1, 0.15) is 22.9 Å². The molecule has 3 heterocycles. The zero-order chi connectivity index (χ0) is 13.4. The van der Waals surface area contributed by atoms with E-state index in [-0.39, 0.29) is 17.5 Å². The molecule has 1 fully saturated rings. The predicted molar refractivity (Wildman–Crippen MR) is 76.2 cm³/mol. The molecule has 1 saturated heterocycles. The largest absolute Gasteiger partial charge is 0.377 e. The van der Waals surface area contributed by atoms with Crippen molar-refractivity contribution in [1.29, 1.82) is 0 Å². The number of rotatable bonds is 3. The second-order valence-electron chi connectivity index (χ2n) is 4.41. The second-order valence-corrected chi connectivity index (χ2v) is 5.64. The number of anilines is 1. The van der Waals surface area contributed by atoms with Crippen LogP contribution in [0.15, 0.2) is 11.4 Å². The minimum Gasteiger partial charge on any atom is -0.377 e. The van der Waals surface area contributed by atoms with E-state index in [2.05, 4.69) is 14.9 Å². The highest BCUT2D eigenvalue weighted by atomic mass is 35.5. The lowest BCUT2D eigenvalue weighted by Gasteiger charge is -2.17. The molecular formula is C12H14ClN3O2S. The molecule has 2 aromatic heterocycles. The molecule has 0 aromatic carbocycles. The van der Waals surface area contributed by atoms with Crippen LogP contribution < -0.4 is 4.90 Å². The molecule has 2 aromatic rings. The lowest BCUT2D eigenvalue weighted by Crippen LogP contribution is -2.27. The zero-order valence-electron chi connectivity index (χ0n) is 10.7. The third-order valence-electron chi connectivity index (χ3n) is 3.40. The molecule has 2 unspecified atom stereocenters. The van der Waals surface area contributed by atoms with Crippen molar-refractivity contribution in [1.82, 2.24) is 9.97 Å². The monoisotopic (exact) mass is 299 g/mol. The highest BCUT2D eigenvalue weighted by Gasteiger charge is 2.34. The SMILES string of the molecule is COC1CN(c2nc(Cl)nc3sccc23)CC1OC. The number of fused-ring (bicyclic) bond motifs is 1. The number of thiophene rings is 1. The molecule has 102 valence electrons. The molecule has 7 heteroatoms. The van der Waals surface area contributed by atoms with Crippen molar-refractivity contribution in [3.63, 3.8) is 0 Å². The maximum absolute atomic E-state index is 5.99. The van der Waals surface area contributed by atoms with Crippen molar-refractivity contribution in [2.45, 2.75) is 12.2 Å². The Bertz CT molecular complexity index is 579. The average molecular weight is 300 g/mol. The summed E-state index contributed by atoms with van der Waals surface area (Å²) in [4.78, 5) is 11.6. The first-order valence-corrected chi connectivity index (χ1v) is 7.20. The zero-order valence-corrected chi connectivity index (χ0v) is 12.2. The molecule has 3 rings (SSSR count). The molecule has 0 spiro atoms. The van der Waals surface area contributed by atoms with E-state index < -0.39 is 0 Å². The van der Waals surface area contributed by atoms with Gasteiger partial charge >= 0.3 is 0 Å². The van der Waals surface area contributed by atoms with Gasteiger partial charge in [0.2, 0.25) is 5.28 Å². The number of hydrogen-bond acceptors (Lipinski definition) is 6. The first-order chi connectivity index (χ1) is 9.22. The van der Waals surface area contributed by atoms with E-state index in [9.17, 15) is 0 Å². The third-order valence-corrected chi connectivity index (χ3v) is 4.37. The third kappa shape index (κ3) is 2.29. The van der Waals surface area contributed by atoms with Crippen LogP contribution >= 0.6 is 22.9 Å². The Morgan fingerprint density at radius 2 is 1.95 bits per heavy atom. The minimum atomic E-state index is 0.0485. The highest BCUT2D eigenvalue weighted by Crippen LogP contribution is 2.31. The number of aromatic nitrogens is 2. The summed E-state index contributed by atoms with van der Waals surface area (Å²) in [7, 11) is 3.40. The van der Waals surface area contributed by atoms with Gasteiger partial charge in [-0.05, 0) is 23.0 Å². The predicted octanol–water partition coefficient (Wildman–Crippen LogP) is 2.19. The van der Waals surface area contributed by atoms with E-state index in [4.69, 9.17) is 21.1 Å². The molecule has 0 N–H and O–H groups in total. The fourth-order valence-corrected chi connectivity index (χ4v) is 3.40. The lowest BCUT2D eigenvalue weighted by atomic mass is 10.3. The van der Waals surface area contributed by atoms with Crippen LogP contribution in [0.3, 0.4) is 0 Å². The van der Waals surface area contributed by atoms with Gasteiger partial charge in [0, 0.05) is 27.3 Å². The topological polar surface area (TPSA) is 47.5 Å². The quantitative estimate of drug-likeness (QED) is 0.813.